The lowest BCUT2D eigenvalue weighted by atomic mass is 10.2. The minimum atomic E-state index is -0.242. The zero-order valence-corrected chi connectivity index (χ0v) is 15.4. The summed E-state index contributed by atoms with van der Waals surface area (Å²) in [6, 6.07) is 12.9. The number of benzene rings is 2. The standard InChI is InChI=1S/C19H20Cl2N2O2/c20-15-5-8-17(21)18(11-15)25-13-19(24)22-16-6-3-14(4-7-16)12-23-9-1-2-10-23/h3-8,11H,1-2,9-10,12-13H2,(H,22,24)/p+1. The molecule has 3 rings (SSSR count). The van der Waals surface area contributed by atoms with Gasteiger partial charge in [-0.15, -0.1) is 0 Å². The average molecular weight is 380 g/mol. The number of amides is 1. The Morgan fingerprint density at radius 1 is 1.08 bits per heavy atom. The number of quaternary nitrogens is 1. The van der Waals surface area contributed by atoms with Crippen LogP contribution in [0, 0.1) is 0 Å². The third-order valence-corrected chi connectivity index (χ3v) is 4.80. The van der Waals surface area contributed by atoms with Crippen LogP contribution in [0.1, 0.15) is 18.4 Å². The van der Waals surface area contributed by atoms with Crippen molar-refractivity contribution in [3.05, 3.63) is 58.1 Å². The molecule has 0 aliphatic carbocycles. The number of carbonyl (C=O) groups excluding carboxylic acids is 1. The summed E-state index contributed by atoms with van der Waals surface area (Å²) in [5.74, 6) is 0.155. The Bertz CT molecular complexity index is 729. The van der Waals surface area contributed by atoms with Gasteiger partial charge in [0.25, 0.3) is 5.91 Å². The first kappa shape index (κ1) is 18.1. The first-order chi connectivity index (χ1) is 12.1. The molecule has 0 saturated carbocycles. The van der Waals surface area contributed by atoms with Crippen molar-refractivity contribution < 1.29 is 14.4 Å². The molecule has 0 radical (unpaired) electrons. The molecule has 2 aromatic rings. The van der Waals surface area contributed by atoms with Gasteiger partial charge in [-0.05, 0) is 24.3 Å². The maximum absolute atomic E-state index is 12.0. The molecule has 6 heteroatoms. The molecule has 4 nitrogen and oxygen atoms in total. The normalized spacial score (nSPS) is 14.5. The van der Waals surface area contributed by atoms with E-state index in [1.807, 2.05) is 12.1 Å². The van der Waals surface area contributed by atoms with Gasteiger partial charge in [0.1, 0.15) is 12.3 Å². The summed E-state index contributed by atoms with van der Waals surface area (Å²) >= 11 is 11.9. The summed E-state index contributed by atoms with van der Waals surface area (Å²) in [5, 5.41) is 3.75. The second-order valence-electron chi connectivity index (χ2n) is 6.24. The lowest BCUT2D eigenvalue weighted by molar-refractivity contribution is -0.901. The Labute approximate surface area is 157 Å². The lowest BCUT2D eigenvalue weighted by Gasteiger charge is -2.12. The van der Waals surface area contributed by atoms with E-state index in [1.165, 1.54) is 31.5 Å². The van der Waals surface area contributed by atoms with E-state index in [2.05, 4.69) is 17.4 Å². The predicted molar refractivity (Wildman–Crippen MR) is 101 cm³/mol. The van der Waals surface area contributed by atoms with E-state index in [-0.39, 0.29) is 12.5 Å². The van der Waals surface area contributed by atoms with Crippen LogP contribution in [0.25, 0.3) is 0 Å². The SMILES string of the molecule is O=C(COc1cc(Cl)ccc1Cl)Nc1ccc(C[NH+]2CCCC2)cc1. The first-order valence-electron chi connectivity index (χ1n) is 8.40. The third kappa shape index (κ3) is 5.36. The highest BCUT2D eigenvalue weighted by atomic mass is 35.5. The van der Waals surface area contributed by atoms with Crippen LogP contribution in [0.3, 0.4) is 0 Å². The van der Waals surface area contributed by atoms with Crippen molar-refractivity contribution in [2.75, 3.05) is 25.0 Å². The van der Waals surface area contributed by atoms with Gasteiger partial charge in [0, 0.05) is 35.2 Å². The molecule has 2 N–H and O–H groups in total. The van der Waals surface area contributed by atoms with Gasteiger partial charge in [-0.25, -0.2) is 0 Å². The summed E-state index contributed by atoms with van der Waals surface area (Å²) in [7, 11) is 0. The highest BCUT2D eigenvalue weighted by Gasteiger charge is 2.15. The van der Waals surface area contributed by atoms with Gasteiger partial charge < -0.3 is 15.0 Å². The van der Waals surface area contributed by atoms with E-state index in [4.69, 9.17) is 27.9 Å². The summed E-state index contributed by atoms with van der Waals surface area (Å²) in [6.45, 7) is 3.42. The zero-order valence-electron chi connectivity index (χ0n) is 13.9. The van der Waals surface area contributed by atoms with Gasteiger partial charge in [-0.2, -0.15) is 0 Å². The number of ether oxygens (including phenoxy) is 1. The molecule has 1 aliphatic heterocycles. The van der Waals surface area contributed by atoms with E-state index in [0.717, 1.165) is 12.2 Å². The van der Waals surface area contributed by atoms with Crippen LogP contribution >= 0.6 is 23.2 Å². The van der Waals surface area contributed by atoms with Crippen molar-refractivity contribution in [2.45, 2.75) is 19.4 Å². The number of rotatable bonds is 6. The number of likely N-dealkylation sites (tertiary alicyclic amines) is 1. The number of hydrogen-bond acceptors (Lipinski definition) is 2. The Kier molecular flexibility index (Phi) is 6.19. The Morgan fingerprint density at radius 2 is 1.80 bits per heavy atom. The molecule has 0 aromatic heterocycles. The summed E-state index contributed by atoms with van der Waals surface area (Å²) in [5.41, 5.74) is 2.04. The van der Waals surface area contributed by atoms with E-state index in [9.17, 15) is 4.79 Å². The number of hydrogen-bond donors (Lipinski definition) is 2. The molecule has 0 spiro atoms. The van der Waals surface area contributed by atoms with Crippen LogP contribution in [-0.4, -0.2) is 25.6 Å². The minimum Gasteiger partial charge on any atom is -0.482 e. The molecule has 25 heavy (non-hydrogen) atoms. The fourth-order valence-corrected chi connectivity index (χ4v) is 3.31. The molecule has 0 bridgehead atoms. The van der Waals surface area contributed by atoms with Crippen molar-refractivity contribution in [3.8, 4) is 5.75 Å². The molecule has 2 aromatic carbocycles. The van der Waals surface area contributed by atoms with Crippen LogP contribution in [0.2, 0.25) is 10.0 Å². The summed E-state index contributed by atoms with van der Waals surface area (Å²) < 4.78 is 5.43. The summed E-state index contributed by atoms with van der Waals surface area (Å²) in [6.07, 6.45) is 2.64. The van der Waals surface area contributed by atoms with Gasteiger partial charge in [0.2, 0.25) is 0 Å². The molecular formula is C19H21Cl2N2O2+. The average Bonchev–Trinajstić information content (AvgIpc) is 3.10. The first-order valence-corrected chi connectivity index (χ1v) is 9.16. The fraction of sp³-hybridized carbons (Fsp3) is 0.316. The van der Waals surface area contributed by atoms with Crippen LogP contribution in [-0.2, 0) is 11.3 Å². The summed E-state index contributed by atoms with van der Waals surface area (Å²) in [4.78, 5) is 13.7. The lowest BCUT2D eigenvalue weighted by Crippen LogP contribution is -3.08. The van der Waals surface area contributed by atoms with Crippen LogP contribution in [0.4, 0.5) is 5.69 Å². The molecule has 1 fully saturated rings. The minimum absolute atomic E-state index is 0.125. The molecule has 1 amide bonds. The van der Waals surface area contributed by atoms with Crippen molar-refractivity contribution in [2.24, 2.45) is 0 Å². The molecular weight excluding hydrogens is 359 g/mol. The van der Waals surface area contributed by atoms with E-state index < -0.39 is 0 Å². The Balaban J connectivity index is 1.49. The topological polar surface area (TPSA) is 42.8 Å². The Morgan fingerprint density at radius 3 is 2.52 bits per heavy atom. The molecule has 0 unspecified atom stereocenters. The third-order valence-electron chi connectivity index (χ3n) is 4.25. The largest absolute Gasteiger partial charge is 0.482 e. The number of carbonyl (C=O) groups is 1. The number of anilines is 1. The van der Waals surface area contributed by atoms with Gasteiger partial charge in [0.15, 0.2) is 6.61 Å². The number of halogens is 2. The van der Waals surface area contributed by atoms with E-state index >= 15 is 0 Å². The molecule has 1 saturated heterocycles. The molecule has 1 aliphatic rings. The molecule has 0 atom stereocenters. The maximum atomic E-state index is 12.0. The van der Waals surface area contributed by atoms with Crippen molar-refractivity contribution in [1.29, 1.82) is 0 Å². The van der Waals surface area contributed by atoms with Crippen molar-refractivity contribution in [1.82, 2.24) is 0 Å². The Hall–Kier alpha value is -1.75. The second-order valence-corrected chi connectivity index (χ2v) is 7.09. The monoisotopic (exact) mass is 379 g/mol. The number of nitrogens with one attached hydrogen (secondary N) is 2. The fourth-order valence-electron chi connectivity index (χ4n) is 2.97. The van der Waals surface area contributed by atoms with Crippen LogP contribution in [0.15, 0.2) is 42.5 Å². The smallest absolute Gasteiger partial charge is 0.262 e. The van der Waals surface area contributed by atoms with E-state index in [0.29, 0.717) is 15.8 Å². The quantitative estimate of drug-likeness (QED) is 0.809. The second kappa shape index (κ2) is 8.56. The van der Waals surface area contributed by atoms with Crippen LogP contribution < -0.4 is 15.0 Å². The molecule has 132 valence electrons. The van der Waals surface area contributed by atoms with E-state index in [1.54, 1.807) is 23.1 Å². The van der Waals surface area contributed by atoms with Gasteiger partial charge in [0.05, 0.1) is 18.1 Å². The van der Waals surface area contributed by atoms with Crippen LogP contribution in [0.5, 0.6) is 5.75 Å². The van der Waals surface area contributed by atoms with Gasteiger partial charge in [-0.1, -0.05) is 35.3 Å². The highest BCUT2D eigenvalue weighted by molar-refractivity contribution is 6.34. The molecule has 1 heterocycles. The predicted octanol–water partition coefficient (Wildman–Crippen LogP) is 3.19. The zero-order chi connectivity index (χ0) is 17.6. The van der Waals surface area contributed by atoms with Crippen molar-refractivity contribution >= 4 is 34.8 Å². The van der Waals surface area contributed by atoms with Gasteiger partial charge in [-0.3, -0.25) is 4.79 Å². The van der Waals surface area contributed by atoms with Crippen molar-refractivity contribution in [3.63, 3.8) is 0 Å². The van der Waals surface area contributed by atoms with Gasteiger partial charge >= 0.3 is 0 Å². The highest BCUT2D eigenvalue weighted by Crippen LogP contribution is 2.27. The maximum Gasteiger partial charge on any atom is 0.262 e.